The van der Waals surface area contributed by atoms with Gasteiger partial charge in [-0.2, -0.15) is 0 Å². The number of urea groups is 1. The number of methoxy groups -OCH3 is 1. The quantitative estimate of drug-likeness (QED) is 0.865. The summed E-state index contributed by atoms with van der Waals surface area (Å²) in [5.74, 6) is 0.956. The van der Waals surface area contributed by atoms with Crippen LogP contribution in [0, 0.1) is 0 Å². The van der Waals surface area contributed by atoms with E-state index >= 15 is 0 Å². The van der Waals surface area contributed by atoms with Crippen LogP contribution in [0.2, 0.25) is 0 Å². The van der Waals surface area contributed by atoms with Gasteiger partial charge in [-0.25, -0.2) is 9.78 Å². The normalized spacial score (nSPS) is 16.5. The van der Waals surface area contributed by atoms with Gasteiger partial charge in [0.25, 0.3) is 0 Å². The Morgan fingerprint density at radius 3 is 2.96 bits per heavy atom. The average molecular weight is 344 g/mol. The number of nitrogens with one attached hydrogen (secondary N) is 2. The fourth-order valence-electron chi connectivity index (χ4n) is 2.76. The zero-order valence-electron chi connectivity index (χ0n) is 13.9. The Bertz CT molecular complexity index is 715. The molecular weight excluding hydrogens is 324 g/mol. The second-order valence-corrected chi connectivity index (χ2v) is 5.67. The molecule has 3 heterocycles. The molecule has 8 nitrogen and oxygen atoms in total. The Labute approximate surface area is 145 Å². The Morgan fingerprint density at radius 1 is 1.40 bits per heavy atom. The molecule has 1 aliphatic heterocycles. The number of hydrogen-bond acceptors (Lipinski definition) is 5. The molecule has 3 amide bonds. The molecule has 0 unspecified atom stereocenters. The van der Waals surface area contributed by atoms with Crippen LogP contribution in [0.25, 0.3) is 0 Å². The van der Waals surface area contributed by atoms with Gasteiger partial charge in [-0.15, -0.1) is 0 Å². The molecule has 8 heteroatoms. The van der Waals surface area contributed by atoms with Crippen molar-refractivity contribution in [2.45, 2.75) is 25.4 Å². The zero-order valence-corrected chi connectivity index (χ0v) is 13.9. The molecule has 2 aromatic heterocycles. The molecule has 0 aliphatic carbocycles. The molecule has 1 saturated heterocycles. The molecule has 0 bridgehead atoms. The van der Waals surface area contributed by atoms with Crippen molar-refractivity contribution in [3.63, 3.8) is 0 Å². The predicted octanol–water partition coefficient (Wildman–Crippen LogP) is 2.00. The summed E-state index contributed by atoms with van der Waals surface area (Å²) < 4.78 is 10.2. The van der Waals surface area contributed by atoms with E-state index in [-0.39, 0.29) is 11.9 Å². The topological polar surface area (TPSA) is 96.7 Å². The smallest absolute Gasteiger partial charge is 0.322 e. The van der Waals surface area contributed by atoms with Gasteiger partial charge >= 0.3 is 6.03 Å². The second kappa shape index (κ2) is 7.69. The molecule has 3 rings (SSSR count). The van der Waals surface area contributed by atoms with Crippen molar-refractivity contribution >= 4 is 17.6 Å². The number of aromatic nitrogens is 1. The van der Waals surface area contributed by atoms with Crippen molar-refractivity contribution in [2.24, 2.45) is 0 Å². The summed E-state index contributed by atoms with van der Waals surface area (Å²) in [6, 6.07) is 6.11. The summed E-state index contributed by atoms with van der Waals surface area (Å²) in [4.78, 5) is 30.4. The van der Waals surface area contributed by atoms with Gasteiger partial charge in [0, 0.05) is 12.6 Å². The van der Waals surface area contributed by atoms with Crippen LogP contribution >= 0.6 is 0 Å². The van der Waals surface area contributed by atoms with Crippen LogP contribution in [-0.4, -0.2) is 41.5 Å². The zero-order chi connectivity index (χ0) is 17.6. The highest BCUT2D eigenvalue weighted by Gasteiger charge is 2.34. The molecule has 2 aromatic rings. The van der Waals surface area contributed by atoms with E-state index in [4.69, 9.17) is 9.15 Å². The summed E-state index contributed by atoms with van der Waals surface area (Å²) in [6.07, 6.45) is 4.49. The lowest BCUT2D eigenvalue weighted by molar-refractivity contribution is -0.124. The molecule has 1 aliphatic rings. The van der Waals surface area contributed by atoms with Gasteiger partial charge < -0.3 is 24.7 Å². The van der Waals surface area contributed by atoms with Gasteiger partial charge in [-0.3, -0.25) is 4.79 Å². The first kappa shape index (κ1) is 16.8. The van der Waals surface area contributed by atoms with E-state index in [1.165, 1.54) is 13.3 Å². The van der Waals surface area contributed by atoms with Crippen molar-refractivity contribution in [3.05, 3.63) is 42.5 Å². The van der Waals surface area contributed by atoms with E-state index in [2.05, 4.69) is 15.6 Å². The Kier molecular flexibility index (Phi) is 5.17. The van der Waals surface area contributed by atoms with Crippen LogP contribution in [0.15, 0.2) is 41.1 Å². The number of hydrogen-bond donors (Lipinski definition) is 2. The first-order valence-electron chi connectivity index (χ1n) is 8.05. The molecule has 25 heavy (non-hydrogen) atoms. The lowest BCUT2D eigenvalue weighted by atomic mass is 10.2. The molecule has 2 N–H and O–H groups in total. The maximum atomic E-state index is 12.5. The van der Waals surface area contributed by atoms with Gasteiger partial charge in [-0.05, 0) is 31.0 Å². The van der Waals surface area contributed by atoms with Crippen molar-refractivity contribution in [1.82, 2.24) is 15.2 Å². The van der Waals surface area contributed by atoms with Gasteiger partial charge in [0.05, 0.1) is 31.8 Å². The van der Waals surface area contributed by atoms with E-state index in [0.29, 0.717) is 36.8 Å². The Morgan fingerprint density at radius 2 is 2.28 bits per heavy atom. The van der Waals surface area contributed by atoms with Crippen LogP contribution in [0.5, 0.6) is 5.88 Å². The summed E-state index contributed by atoms with van der Waals surface area (Å²) in [5.41, 5.74) is 0.549. The van der Waals surface area contributed by atoms with Crippen LogP contribution in [0.3, 0.4) is 0 Å². The Hall–Kier alpha value is -3.03. The van der Waals surface area contributed by atoms with E-state index < -0.39 is 6.04 Å². The highest BCUT2D eigenvalue weighted by molar-refractivity contribution is 5.94. The van der Waals surface area contributed by atoms with Gasteiger partial charge in [0.2, 0.25) is 11.8 Å². The van der Waals surface area contributed by atoms with Crippen molar-refractivity contribution in [1.29, 1.82) is 0 Å². The summed E-state index contributed by atoms with van der Waals surface area (Å²) >= 11 is 0. The maximum absolute atomic E-state index is 12.5. The highest BCUT2D eigenvalue weighted by atomic mass is 16.5. The van der Waals surface area contributed by atoms with Gasteiger partial charge in [0.1, 0.15) is 11.8 Å². The lowest BCUT2D eigenvalue weighted by Crippen LogP contribution is -2.47. The number of anilines is 1. The number of nitrogens with zero attached hydrogens (tertiary/aromatic N) is 2. The summed E-state index contributed by atoms with van der Waals surface area (Å²) in [7, 11) is 1.52. The van der Waals surface area contributed by atoms with Crippen LogP contribution in [0.1, 0.15) is 18.6 Å². The molecule has 0 spiro atoms. The molecule has 1 fully saturated rings. The second-order valence-electron chi connectivity index (χ2n) is 5.67. The molecule has 0 radical (unpaired) electrons. The SMILES string of the molecule is COc1ccc(NC(=O)N2CCC[C@H]2C(=O)NCc2ccco2)cn1. The third-order valence-electron chi connectivity index (χ3n) is 4.03. The number of pyridine rings is 1. The van der Waals surface area contributed by atoms with E-state index in [1.54, 1.807) is 35.4 Å². The van der Waals surface area contributed by atoms with Gasteiger partial charge in [-0.1, -0.05) is 0 Å². The van der Waals surface area contributed by atoms with Crippen LogP contribution in [-0.2, 0) is 11.3 Å². The average Bonchev–Trinajstić information content (AvgIpc) is 3.32. The third kappa shape index (κ3) is 4.09. The number of furan rings is 1. The van der Waals surface area contributed by atoms with Crippen LogP contribution < -0.4 is 15.4 Å². The molecule has 0 aromatic carbocycles. The van der Waals surface area contributed by atoms with E-state index in [9.17, 15) is 9.59 Å². The number of rotatable bonds is 5. The van der Waals surface area contributed by atoms with Gasteiger partial charge in [0.15, 0.2) is 0 Å². The van der Waals surface area contributed by atoms with Crippen LogP contribution in [0.4, 0.5) is 10.5 Å². The number of likely N-dealkylation sites (tertiary alicyclic amines) is 1. The lowest BCUT2D eigenvalue weighted by Gasteiger charge is -2.24. The predicted molar refractivity (Wildman–Crippen MR) is 90.1 cm³/mol. The van der Waals surface area contributed by atoms with Crippen molar-refractivity contribution < 1.29 is 18.7 Å². The molecular formula is C17H20N4O4. The minimum Gasteiger partial charge on any atom is -0.481 e. The van der Waals surface area contributed by atoms with E-state index in [1.807, 2.05) is 0 Å². The number of amides is 3. The fourth-order valence-corrected chi connectivity index (χ4v) is 2.76. The third-order valence-corrected chi connectivity index (χ3v) is 4.03. The molecule has 1 atom stereocenters. The van der Waals surface area contributed by atoms with Crippen molar-refractivity contribution in [3.8, 4) is 5.88 Å². The van der Waals surface area contributed by atoms with Crippen molar-refractivity contribution in [2.75, 3.05) is 19.0 Å². The highest BCUT2D eigenvalue weighted by Crippen LogP contribution is 2.20. The summed E-state index contributed by atoms with van der Waals surface area (Å²) in [5, 5.41) is 5.57. The van der Waals surface area contributed by atoms with E-state index in [0.717, 1.165) is 6.42 Å². The molecule has 0 saturated carbocycles. The minimum absolute atomic E-state index is 0.183. The Balaban J connectivity index is 1.57. The first-order chi connectivity index (χ1) is 12.2. The maximum Gasteiger partial charge on any atom is 0.322 e. The number of carbonyl (C=O) groups excluding carboxylic acids is 2. The monoisotopic (exact) mass is 344 g/mol. The first-order valence-corrected chi connectivity index (χ1v) is 8.05. The number of ether oxygens (including phenoxy) is 1. The summed E-state index contributed by atoms with van der Waals surface area (Å²) in [6.45, 7) is 0.842. The largest absolute Gasteiger partial charge is 0.481 e. The molecule has 132 valence electrons. The standard InChI is InChI=1S/C17H20N4O4/c1-24-15-7-6-12(10-18-15)20-17(23)21-8-2-5-14(21)16(22)19-11-13-4-3-9-25-13/h3-4,6-7,9-10,14H,2,5,8,11H2,1H3,(H,19,22)(H,20,23)/t14-/m0/s1. The minimum atomic E-state index is -0.485. The fraction of sp³-hybridized carbons (Fsp3) is 0.353. The number of carbonyl (C=O) groups is 2.